The molecule has 0 fully saturated rings. The zero-order valence-electron chi connectivity index (χ0n) is 10.4. The molecule has 0 rings (SSSR count). The first kappa shape index (κ1) is 15.9. The van der Waals surface area contributed by atoms with E-state index in [-0.39, 0.29) is 11.7 Å². The fourth-order valence-electron chi connectivity index (χ4n) is 1.36. The van der Waals surface area contributed by atoms with Crippen molar-refractivity contribution in [2.75, 3.05) is 5.75 Å². The third kappa shape index (κ3) is 3.73. The van der Waals surface area contributed by atoms with Gasteiger partial charge >= 0.3 is 0 Å². The Morgan fingerprint density at radius 2 is 1.50 bits per heavy atom. The van der Waals surface area contributed by atoms with Gasteiger partial charge < -0.3 is 0 Å². The molecule has 0 aliphatic carbocycles. The maximum atomic E-state index is 11.8. The minimum absolute atomic E-state index is 0.117. The van der Waals surface area contributed by atoms with Crippen molar-refractivity contribution in [1.82, 2.24) is 0 Å². The van der Waals surface area contributed by atoms with Crippen LogP contribution in [0.5, 0.6) is 0 Å². The highest BCUT2D eigenvalue weighted by atomic mass is 33.2. The molecule has 0 amide bonds. The summed E-state index contributed by atoms with van der Waals surface area (Å²) in [4.78, 5) is 0. The first-order valence-corrected chi connectivity index (χ1v) is 9.37. The van der Waals surface area contributed by atoms with Crippen LogP contribution in [0, 0.1) is 5.92 Å². The van der Waals surface area contributed by atoms with Crippen molar-refractivity contribution < 1.29 is 16.8 Å². The highest BCUT2D eigenvalue weighted by molar-refractivity contribution is 8.67. The van der Waals surface area contributed by atoms with Crippen LogP contribution in [0.1, 0.15) is 47.0 Å². The van der Waals surface area contributed by atoms with Crippen LogP contribution in [-0.2, 0) is 17.7 Å². The van der Waals surface area contributed by atoms with Gasteiger partial charge in [0.1, 0.15) is 0 Å². The molecule has 0 aliphatic heterocycles. The van der Waals surface area contributed by atoms with Gasteiger partial charge in [0.2, 0.25) is 0 Å². The topological polar surface area (TPSA) is 68.3 Å². The summed E-state index contributed by atoms with van der Waals surface area (Å²) < 4.78 is 47.1. The molecule has 0 N–H and O–H groups in total. The Bertz CT molecular complexity index is 395. The van der Waals surface area contributed by atoms with Crippen LogP contribution in [0.3, 0.4) is 0 Å². The predicted octanol–water partition coefficient (Wildman–Crippen LogP) is 1.97. The lowest BCUT2D eigenvalue weighted by molar-refractivity contribution is 0.555. The Morgan fingerprint density at radius 1 is 1.00 bits per heavy atom. The highest BCUT2D eigenvalue weighted by Gasteiger charge is 2.35. The molecule has 0 aromatic carbocycles. The van der Waals surface area contributed by atoms with Gasteiger partial charge in [0.25, 0.3) is 17.7 Å². The Labute approximate surface area is 98.7 Å². The molecule has 0 aromatic heterocycles. The van der Waals surface area contributed by atoms with Gasteiger partial charge in [-0.1, -0.05) is 33.6 Å². The average Bonchev–Trinajstić information content (AvgIpc) is 2.17. The maximum absolute atomic E-state index is 11.8. The number of hydrogen-bond donors (Lipinski definition) is 0. The van der Waals surface area contributed by atoms with E-state index in [9.17, 15) is 16.8 Å². The van der Waals surface area contributed by atoms with E-state index in [1.807, 2.05) is 13.8 Å². The molecule has 0 aliphatic rings. The average molecular weight is 270 g/mol. The van der Waals surface area contributed by atoms with E-state index in [0.717, 1.165) is 0 Å². The van der Waals surface area contributed by atoms with Crippen LogP contribution in [-0.4, -0.2) is 27.8 Å². The number of rotatable bonds is 7. The largest absolute Gasteiger partial charge is 0.256 e. The normalized spacial score (nSPS) is 17.0. The highest BCUT2D eigenvalue weighted by Crippen LogP contribution is 2.19. The lowest BCUT2D eigenvalue weighted by atomic mass is 10.2. The summed E-state index contributed by atoms with van der Waals surface area (Å²) in [5, 5.41) is -0.799. The standard InChI is InChI=1S/C10H22O4S2/c1-5-7-10(4)16(13,14)15(11,12)8-9(3)6-2/h9-10H,5-8H2,1-4H3. The molecule has 4 nitrogen and oxygen atoms in total. The molecule has 0 aromatic rings. The van der Waals surface area contributed by atoms with Crippen molar-refractivity contribution in [3.05, 3.63) is 0 Å². The van der Waals surface area contributed by atoms with E-state index < -0.39 is 23.0 Å². The molecule has 2 unspecified atom stereocenters. The van der Waals surface area contributed by atoms with Gasteiger partial charge in [-0.2, -0.15) is 0 Å². The molecule has 0 heterocycles. The Kier molecular flexibility index (Phi) is 5.96. The molecule has 0 bridgehead atoms. The second-order valence-corrected chi connectivity index (χ2v) is 10.5. The van der Waals surface area contributed by atoms with E-state index in [1.54, 1.807) is 6.92 Å². The van der Waals surface area contributed by atoms with E-state index in [1.165, 1.54) is 6.92 Å². The molecular formula is C10H22O4S2. The van der Waals surface area contributed by atoms with Gasteiger partial charge in [-0.3, -0.25) is 0 Å². The summed E-state index contributed by atoms with van der Waals surface area (Å²) in [7, 11) is -8.05. The van der Waals surface area contributed by atoms with Gasteiger partial charge in [0.15, 0.2) is 0 Å². The fourth-order valence-corrected chi connectivity index (χ4v) is 6.57. The van der Waals surface area contributed by atoms with Gasteiger partial charge in [0.05, 0.1) is 11.0 Å². The first-order valence-electron chi connectivity index (χ1n) is 5.65. The van der Waals surface area contributed by atoms with Gasteiger partial charge in [-0.25, -0.2) is 16.8 Å². The van der Waals surface area contributed by atoms with E-state index >= 15 is 0 Å². The van der Waals surface area contributed by atoms with Crippen molar-refractivity contribution in [2.24, 2.45) is 5.92 Å². The molecule has 16 heavy (non-hydrogen) atoms. The third-order valence-electron chi connectivity index (χ3n) is 2.73. The minimum atomic E-state index is -4.03. The SMILES string of the molecule is CCCC(C)S(=O)(=O)S(=O)(=O)CC(C)CC. The smallest absolute Gasteiger partial charge is 0.213 e. The molecular weight excluding hydrogens is 248 g/mol. The summed E-state index contributed by atoms with van der Waals surface area (Å²) in [6.45, 7) is 6.90. The van der Waals surface area contributed by atoms with Crippen LogP contribution in [0.2, 0.25) is 0 Å². The molecule has 0 saturated heterocycles. The molecule has 0 radical (unpaired) electrons. The van der Waals surface area contributed by atoms with Crippen LogP contribution in [0.4, 0.5) is 0 Å². The van der Waals surface area contributed by atoms with Crippen molar-refractivity contribution in [3.8, 4) is 0 Å². The zero-order valence-corrected chi connectivity index (χ0v) is 12.1. The van der Waals surface area contributed by atoms with Crippen molar-refractivity contribution in [2.45, 2.75) is 52.2 Å². The van der Waals surface area contributed by atoms with E-state index in [0.29, 0.717) is 19.3 Å². The van der Waals surface area contributed by atoms with E-state index in [2.05, 4.69) is 0 Å². The van der Waals surface area contributed by atoms with Gasteiger partial charge in [-0.05, 0) is 19.3 Å². The summed E-state index contributed by atoms with van der Waals surface area (Å²) in [5.74, 6) is -0.381. The summed E-state index contributed by atoms with van der Waals surface area (Å²) in [5.41, 5.74) is 0. The first-order chi connectivity index (χ1) is 7.19. The maximum Gasteiger partial charge on any atom is 0.256 e. The minimum Gasteiger partial charge on any atom is -0.213 e. The Morgan fingerprint density at radius 3 is 1.88 bits per heavy atom. The molecule has 98 valence electrons. The predicted molar refractivity (Wildman–Crippen MR) is 66.5 cm³/mol. The lowest BCUT2D eigenvalue weighted by Crippen LogP contribution is -2.30. The fraction of sp³-hybridized carbons (Fsp3) is 1.00. The second kappa shape index (κ2) is 6.00. The summed E-state index contributed by atoms with van der Waals surface area (Å²) in [6.07, 6.45) is 1.72. The zero-order chi connectivity index (χ0) is 13.0. The Hall–Kier alpha value is -0.100. The second-order valence-electron chi connectivity index (χ2n) is 4.33. The quantitative estimate of drug-likeness (QED) is 0.663. The van der Waals surface area contributed by atoms with Crippen LogP contribution < -0.4 is 0 Å². The van der Waals surface area contributed by atoms with Crippen molar-refractivity contribution >= 4 is 17.7 Å². The van der Waals surface area contributed by atoms with Crippen molar-refractivity contribution in [3.63, 3.8) is 0 Å². The molecule has 0 saturated carbocycles. The van der Waals surface area contributed by atoms with Crippen molar-refractivity contribution in [1.29, 1.82) is 0 Å². The van der Waals surface area contributed by atoms with Crippen LogP contribution in [0.15, 0.2) is 0 Å². The lowest BCUT2D eigenvalue weighted by Gasteiger charge is -2.14. The van der Waals surface area contributed by atoms with E-state index in [4.69, 9.17) is 0 Å². The van der Waals surface area contributed by atoms with Crippen LogP contribution in [0.25, 0.3) is 0 Å². The number of hydrogen-bond acceptors (Lipinski definition) is 4. The Balaban J connectivity index is 5.01. The van der Waals surface area contributed by atoms with Gasteiger partial charge in [0, 0.05) is 0 Å². The van der Waals surface area contributed by atoms with Crippen LogP contribution >= 0.6 is 0 Å². The third-order valence-corrected chi connectivity index (χ3v) is 9.15. The summed E-state index contributed by atoms with van der Waals surface area (Å²) in [6, 6.07) is 0. The van der Waals surface area contributed by atoms with Gasteiger partial charge in [-0.15, -0.1) is 0 Å². The molecule has 2 atom stereocenters. The summed E-state index contributed by atoms with van der Waals surface area (Å²) >= 11 is 0. The monoisotopic (exact) mass is 270 g/mol. The molecule has 0 spiro atoms. The molecule has 6 heteroatoms.